The van der Waals surface area contributed by atoms with Crippen molar-refractivity contribution in [2.24, 2.45) is 5.73 Å². The highest BCUT2D eigenvalue weighted by Crippen LogP contribution is 2.15. The Kier molecular flexibility index (Phi) is 7.17. The van der Waals surface area contributed by atoms with Crippen LogP contribution in [0.3, 0.4) is 0 Å². The molecule has 2 aromatic rings. The van der Waals surface area contributed by atoms with Crippen molar-refractivity contribution >= 4 is 17.7 Å². The van der Waals surface area contributed by atoms with E-state index in [-0.39, 0.29) is 6.04 Å². The minimum atomic E-state index is 0.256. The van der Waals surface area contributed by atoms with Crippen LogP contribution < -0.4 is 10.6 Å². The molecular weight excluding hydrogens is 350 g/mol. The lowest BCUT2D eigenvalue weighted by atomic mass is 10.1. The van der Waals surface area contributed by atoms with Crippen molar-refractivity contribution in [3.63, 3.8) is 0 Å². The van der Waals surface area contributed by atoms with Gasteiger partial charge in [0, 0.05) is 56.4 Å². The summed E-state index contributed by atoms with van der Waals surface area (Å²) in [4.78, 5) is 13.5. The summed E-state index contributed by atoms with van der Waals surface area (Å²) in [5.41, 5.74) is 8.15. The van der Waals surface area contributed by atoms with Crippen molar-refractivity contribution in [2.75, 3.05) is 44.3 Å². The van der Waals surface area contributed by atoms with Crippen LogP contribution in [-0.2, 0) is 4.74 Å². The van der Waals surface area contributed by atoms with Crippen molar-refractivity contribution < 1.29 is 4.74 Å². The number of piperazine rings is 1. The lowest BCUT2D eigenvalue weighted by molar-refractivity contribution is 0.0823. The largest absolute Gasteiger partial charge is 0.399 e. The predicted molar refractivity (Wildman–Crippen MR) is 115 cm³/mol. The second-order valence-electron chi connectivity index (χ2n) is 6.82. The Hall–Kier alpha value is -2.70. The standard InChI is InChI=1S/C22H29N5O/c1-3-28-17-21(10-9-19-7-5-4-6-8-19)26-11-13-27(14-12-26)22-24-15-20(16-25-22)18(2)23/h4-10,15-16,21H,2-3,11-14,17,23H2,1H3/b10-9+. The van der Waals surface area contributed by atoms with E-state index in [0.717, 1.165) is 44.3 Å². The number of hydrogen-bond acceptors (Lipinski definition) is 6. The lowest BCUT2D eigenvalue weighted by Crippen LogP contribution is -2.51. The van der Waals surface area contributed by atoms with E-state index in [1.54, 1.807) is 12.4 Å². The van der Waals surface area contributed by atoms with Crippen LogP contribution in [0.4, 0.5) is 5.95 Å². The quantitative estimate of drug-likeness (QED) is 0.761. The highest BCUT2D eigenvalue weighted by molar-refractivity contribution is 5.58. The summed E-state index contributed by atoms with van der Waals surface area (Å²) in [5, 5.41) is 0. The molecule has 2 N–H and O–H groups in total. The van der Waals surface area contributed by atoms with E-state index in [1.165, 1.54) is 5.56 Å². The summed E-state index contributed by atoms with van der Waals surface area (Å²) >= 11 is 0. The highest BCUT2D eigenvalue weighted by atomic mass is 16.5. The molecule has 28 heavy (non-hydrogen) atoms. The molecule has 0 aliphatic carbocycles. The summed E-state index contributed by atoms with van der Waals surface area (Å²) in [7, 11) is 0. The Morgan fingerprint density at radius 1 is 1.18 bits per heavy atom. The highest BCUT2D eigenvalue weighted by Gasteiger charge is 2.23. The molecule has 1 aromatic carbocycles. The van der Waals surface area contributed by atoms with Crippen molar-refractivity contribution in [1.29, 1.82) is 0 Å². The van der Waals surface area contributed by atoms with E-state index in [4.69, 9.17) is 10.5 Å². The predicted octanol–water partition coefficient (Wildman–Crippen LogP) is 2.65. The van der Waals surface area contributed by atoms with Gasteiger partial charge in [-0.15, -0.1) is 0 Å². The first-order chi connectivity index (χ1) is 13.7. The van der Waals surface area contributed by atoms with Gasteiger partial charge >= 0.3 is 0 Å². The van der Waals surface area contributed by atoms with Gasteiger partial charge in [0.25, 0.3) is 0 Å². The molecule has 2 heterocycles. The number of nitrogens with zero attached hydrogens (tertiary/aromatic N) is 4. The molecule has 0 radical (unpaired) electrons. The van der Waals surface area contributed by atoms with Gasteiger partial charge in [0.2, 0.25) is 5.95 Å². The Balaban J connectivity index is 1.61. The van der Waals surface area contributed by atoms with Crippen LogP contribution in [0.2, 0.25) is 0 Å². The van der Waals surface area contributed by atoms with Crippen molar-refractivity contribution in [2.45, 2.75) is 13.0 Å². The molecular formula is C22H29N5O. The smallest absolute Gasteiger partial charge is 0.225 e. The van der Waals surface area contributed by atoms with Gasteiger partial charge in [-0.25, -0.2) is 9.97 Å². The first-order valence-corrected chi connectivity index (χ1v) is 9.74. The number of nitrogens with two attached hydrogens (primary N) is 1. The second-order valence-corrected chi connectivity index (χ2v) is 6.82. The molecule has 1 saturated heterocycles. The first-order valence-electron chi connectivity index (χ1n) is 9.74. The zero-order valence-corrected chi connectivity index (χ0v) is 16.5. The molecule has 6 nitrogen and oxygen atoms in total. The van der Waals surface area contributed by atoms with Gasteiger partial charge in [0.05, 0.1) is 12.6 Å². The van der Waals surface area contributed by atoms with Crippen molar-refractivity contribution in [3.05, 3.63) is 66.5 Å². The third-order valence-electron chi connectivity index (χ3n) is 4.88. The van der Waals surface area contributed by atoms with E-state index >= 15 is 0 Å². The van der Waals surface area contributed by atoms with Gasteiger partial charge in [-0.05, 0) is 12.5 Å². The van der Waals surface area contributed by atoms with Crippen LogP contribution in [0.25, 0.3) is 11.8 Å². The van der Waals surface area contributed by atoms with E-state index in [0.29, 0.717) is 12.3 Å². The molecule has 6 heteroatoms. The number of anilines is 1. The number of benzene rings is 1. The molecule has 148 valence electrons. The summed E-state index contributed by atoms with van der Waals surface area (Å²) in [6.07, 6.45) is 7.89. The fraction of sp³-hybridized carbons (Fsp3) is 0.364. The molecule has 0 saturated carbocycles. The molecule has 3 rings (SSSR count). The average Bonchev–Trinajstić information content (AvgIpc) is 2.75. The minimum Gasteiger partial charge on any atom is -0.399 e. The van der Waals surface area contributed by atoms with Gasteiger partial charge < -0.3 is 15.4 Å². The third kappa shape index (κ3) is 5.41. The van der Waals surface area contributed by atoms with Gasteiger partial charge in [-0.1, -0.05) is 49.1 Å². The number of aromatic nitrogens is 2. The normalized spacial score (nSPS) is 16.4. The molecule has 0 amide bonds. The zero-order chi connectivity index (χ0) is 19.8. The monoisotopic (exact) mass is 379 g/mol. The minimum absolute atomic E-state index is 0.256. The van der Waals surface area contributed by atoms with Crippen LogP contribution in [-0.4, -0.2) is 60.3 Å². The van der Waals surface area contributed by atoms with E-state index in [2.05, 4.69) is 62.8 Å². The Labute approximate surface area is 167 Å². The van der Waals surface area contributed by atoms with Gasteiger partial charge in [-0.2, -0.15) is 0 Å². The van der Waals surface area contributed by atoms with Crippen molar-refractivity contribution in [3.8, 4) is 0 Å². The maximum atomic E-state index is 5.73. The SMILES string of the molecule is C=C(N)c1cnc(N2CCN(C(/C=C/c3ccccc3)COCC)CC2)nc1. The molecule has 0 bridgehead atoms. The summed E-state index contributed by atoms with van der Waals surface area (Å²) in [5.74, 6) is 0.742. The van der Waals surface area contributed by atoms with Crippen LogP contribution in [0.1, 0.15) is 18.1 Å². The molecule has 0 spiro atoms. The zero-order valence-electron chi connectivity index (χ0n) is 16.5. The van der Waals surface area contributed by atoms with Crippen LogP contribution in [0.15, 0.2) is 55.4 Å². The lowest BCUT2D eigenvalue weighted by Gasteiger charge is -2.38. The second kappa shape index (κ2) is 10.0. The molecule has 1 unspecified atom stereocenters. The van der Waals surface area contributed by atoms with E-state index in [1.807, 2.05) is 13.0 Å². The fourth-order valence-corrected chi connectivity index (χ4v) is 3.21. The molecule has 1 aliphatic rings. The fourth-order valence-electron chi connectivity index (χ4n) is 3.21. The molecule has 1 aliphatic heterocycles. The third-order valence-corrected chi connectivity index (χ3v) is 4.88. The number of hydrogen-bond donors (Lipinski definition) is 1. The van der Waals surface area contributed by atoms with Gasteiger partial charge in [-0.3, -0.25) is 4.90 Å². The Morgan fingerprint density at radius 2 is 1.86 bits per heavy atom. The van der Waals surface area contributed by atoms with Crippen LogP contribution in [0.5, 0.6) is 0 Å². The maximum Gasteiger partial charge on any atom is 0.225 e. The maximum absolute atomic E-state index is 5.73. The van der Waals surface area contributed by atoms with Gasteiger partial charge in [0.15, 0.2) is 0 Å². The Bertz CT molecular complexity index is 767. The summed E-state index contributed by atoms with van der Waals surface area (Å²) in [6.45, 7) is 10.8. The van der Waals surface area contributed by atoms with Gasteiger partial charge in [0.1, 0.15) is 0 Å². The van der Waals surface area contributed by atoms with Crippen LogP contribution >= 0.6 is 0 Å². The van der Waals surface area contributed by atoms with E-state index in [9.17, 15) is 0 Å². The Morgan fingerprint density at radius 3 is 2.46 bits per heavy atom. The molecule has 1 aromatic heterocycles. The topological polar surface area (TPSA) is 67.5 Å². The number of rotatable bonds is 8. The van der Waals surface area contributed by atoms with Crippen molar-refractivity contribution in [1.82, 2.24) is 14.9 Å². The first kappa shape index (κ1) is 20.0. The molecule has 1 atom stereocenters. The number of ether oxygens (including phenoxy) is 1. The average molecular weight is 380 g/mol. The van der Waals surface area contributed by atoms with E-state index < -0.39 is 0 Å². The summed E-state index contributed by atoms with van der Waals surface area (Å²) < 4.78 is 5.73. The molecule has 1 fully saturated rings. The van der Waals surface area contributed by atoms with Crippen LogP contribution in [0, 0.1) is 0 Å². The summed E-state index contributed by atoms with van der Waals surface area (Å²) in [6, 6.07) is 10.6.